The van der Waals surface area contributed by atoms with Crippen LogP contribution < -0.4 is 5.32 Å². The lowest BCUT2D eigenvalue weighted by Gasteiger charge is -2.35. The summed E-state index contributed by atoms with van der Waals surface area (Å²) in [5.41, 5.74) is 0. The Labute approximate surface area is 109 Å². The third-order valence-electron chi connectivity index (χ3n) is 3.63. The van der Waals surface area contributed by atoms with Crippen molar-refractivity contribution in [1.82, 2.24) is 10.2 Å². The van der Waals surface area contributed by atoms with Gasteiger partial charge in [-0.1, -0.05) is 13.8 Å². The van der Waals surface area contributed by atoms with Crippen molar-refractivity contribution < 1.29 is 14.6 Å². The Morgan fingerprint density at radius 1 is 1.50 bits per heavy atom. The Balaban J connectivity index is 2.47. The number of aliphatic hydroxyl groups is 1. The molecule has 2 atom stereocenters. The summed E-state index contributed by atoms with van der Waals surface area (Å²) in [7, 11) is 0. The zero-order valence-corrected chi connectivity index (χ0v) is 11.7. The molecule has 1 aliphatic heterocycles. The fourth-order valence-corrected chi connectivity index (χ4v) is 2.18. The van der Waals surface area contributed by atoms with Crippen molar-refractivity contribution in [2.24, 2.45) is 0 Å². The number of morpholine rings is 1. The van der Waals surface area contributed by atoms with E-state index in [-0.39, 0.29) is 30.7 Å². The second-order valence-corrected chi connectivity index (χ2v) is 4.87. The fraction of sp³-hybridized carbons (Fsp3) is 0.923. The first kappa shape index (κ1) is 15.4. The third kappa shape index (κ3) is 4.23. The summed E-state index contributed by atoms with van der Waals surface area (Å²) in [6.07, 6.45) is 1.75. The van der Waals surface area contributed by atoms with Gasteiger partial charge in [-0.25, -0.2) is 0 Å². The number of ether oxygens (including phenoxy) is 1. The quantitative estimate of drug-likeness (QED) is 0.723. The zero-order valence-electron chi connectivity index (χ0n) is 11.7. The first-order valence-electron chi connectivity index (χ1n) is 6.89. The molecule has 1 fully saturated rings. The number of rotatable bonds is 6. The second kappa shape index (κ2) is 7.71. The van der Waals surface area contributed by atoms with Crippen molar-refractivity contribution in [3.05, 3.63) is 0 Å². The maximum Gasteiger partial charge on any atom is 0.237 e. The minimum absolute atomic E-state index is 0.0113. The SMILES string of the molecule is CCC(CC)NC(=O)C(C)N1CCOC(CO)C1. The molecule has 0 radical (unpaired) electrons. The number of aliphatic hydroxyl groups excluding tert-OH is 1. The number of nitrogens with zero attached hydrogens (tertiary/aromatic N) is 1. The van der Waals surface area contributed by atoms with E-state index < -0.39 is 0 Å². The van der Waals surface area contributed by atoms with E-state index in [1.807, 2.05) is 6.92 Å². The maximum absolute atomic E-state index is 12.1. The molecule has 5 heteroatoms. The lowest BCUT2D eigenvalue weighted by Crippen LogP contribution is -2.54. The van der Waals surface area contributed by atoms with E-state index in [1.165, 1.54) is 0 Å². The van der Waals surface area contributed by atoms with Crippen molar-refractivity contribution in [1.29, 1.82) is 0 Å². The summed E-state index contributed by atoms with van der Waals surface area (Å²) in [5.74, 6) is 0.0716. The second-order valence-electron chi connectivity index (χ2n) is 4.87. The Bertz CT molecular complexity index is 257. The van der Waals surface area contributed by atoms with Crippen molar-refractivity contribution in [2.45, 2.75) is 51.8 Å². The van der Waals surface area contributed by atoms with Gasteiger partial charge >= 0.3 is 0 Å². The summed E-state index contributed by atoms with van der Waals surface area (Å²) in [6, 6.07) is 0.0955. The molecule has 106 valence electrons. The first-order valence-corrected chi connectivity index (χ1v) is 6.89. The highest BCUT2D eigenvalue weighted by atomic mass is 16.5. The average Bonchev–Trinajstić information content (AvgIpc) is 2.43. The number of carbonyl (C=O) groups is 1. The summed E-state index contributed by atoms with van der Waals surface area (Å²) in [4.78, 5) is 14.2. The Morgan fingerprint density at radius 2 is 2.17 bits per heavy atom. The predicted molar refractivity (Wildman–Crippen MR) is 70.4 cm³/mol. The number of carbonyl (C=O) groups excluding carboxylic acids is 1. The number of amides is 1. The van der Waals surface area contributed by atoms with Crippen LogP contribution in [0.5, 0.6) is 0 Å². The topological polar surface area (TPSA) is 61.8 Å². The summed E-state index contributed by atoms with van der Waals surface area (Å²) in [6.45, 7) is 8.02. The minimum Gasteiger partial charge on any atom is -0.394 e. The summed E-state index contributed by atoms with van der Waals surface area (Å²) in [5, 5.41) is 12.2. The van der Waals surface area contributed by atoms with Gasteiger partial charge in [-0.3, -0.25) is 9.69 Å². The van der Waals surface area contributed by atoms with Gasteiger partial charge < -0.3 is 15.2 Å². The predicted octanol–water partition coefficient (Wildman–Crippen LogP) is 0.373. The molecule has 0 aromatic rings. The van der Waals surface area contributed by atoms with Gasteiger partial charge in [-0.05, 0) is 19.8 Å². The van der Waals surface area contributed by atoms with E-state index in [1.54, 1.807) is 0 Å². The Kier molecular flexibility index (Phi) is 6.60. The standard InChI is InChI=1S/C13H26N2O3/c1-4-11(5-2)14-13(17)10(3)15-6-7-18-12(8-15)9-16/h10-12,16H,4-9H2,1-3H3,(H,14,17). The van der Waals surface area contributed by atoms with E-state index in [9.17, 15) is 4.79 Å². The van der Waals surface area contributed by atoms with Gasteiger partial charge in [-0.15, -0.1) is 0 Å². The average molecular weight is 258 g/mol. The van der Waals surface area contributed by atoms with Gasteiger partial charge in [-0.2, -0.15) is 0 Å². The molecule has 0 aromatic heterocycles. The minimum atomic E-state index is -0.165. The van der Waals surface area contributed by atoms with E-state index in [0.29, 0.717) is 13.2 Å². The van der Waals surface area contributed by atoms with Crippen molar-refractivity contribution in [3.63, 3.8) is 0 Å². The summed E-state index contributed by atoms with van der Waals surface area (Å²) >= 11 is 0. The highest BCUT2D eigenvalue weighted by molar-refractivity contribution is 5.81. The fourth-order valence-electron chi connectivity index (χ4n) is 2.18. The smallest absolute Gasteiger partial charge is 0.237 e. The van der Waals surface area contributed by atoms with E-state index >= 15 is 0 Å². The molecule has 2 unspecified atom stereocenters. The van der Waals surface area contributed by atoms with Crippen LogP contribution in [0.1, 0.15) is 33.6 Å². The molecule has 0 bridgehead atoms. The van der Waals surface area contributed by atoms with Gasteiger partial charge in [0.2, 0.25) is 5.91 Å². The molecule has 1 heterocycles. The lowest BCUT2D eigenvalue weighted by molar-refractivity contribution is -0.130. The molecule has 0 saturated carbocycles. The summed E-state index contributed by atoms with van der Waals surface area (Å²) < 4.78 is 5.39. The van der Waals surface area contributed by atoms with Crippen molar-refractivity contribution in [2.75, 3.05) is 26.3 Å². The molecule has 1 aliphatic rings. The molecule has 0 aromatic carbocycles. The van der Waals surface area contributed by atoms with Crippen molar-refractivity contribution >= 4 is 5.91 Å². The lowest BCUT2D eigenvalue weighted by atomic mass is 10.1. The van der Waals surface area contributed by atoms with Gasteiger partial charge in [0.25, 0.3) is 0 Å². The molecular formula is C13H26N2O3. The molecule has 1 saturated heterocycles. The molecule has 1 rings (SSSR count). The molecule has 2 N–H and O–H groups in total. The number of hydrogen-bond donors (Lipinski definition) is 2. The highest BCUT2D eigenvalue weighted by Gasteiger charge is 2.28. The largest absolute Gasteiger partial charge is 0.394 e. The van der Waals surface area contributed by atoms with Crippen molar-refractivity contribution in [3.8, 4) is 0 Å². The molecule has 0 aliphatic carbocycles. The Hall–Kier alpha value is -0.650. The van der Waals surface area contributed by atoms with E-state index in [2.05, 4.69) is 24.1 Å². The molecule has 0 spiro atoms. The van der Waals surface area contributed by atoms with E-state index in [0.717, 1.165) is 19.4 Å². The van der Waals surface area contributed by atoms with E-state index in [4.69, 9.17) is 9.84 Å². The van der Waals surface area contributed by atoms with Gasteiger partial charge in [0.15, 0.2) is 0 Å². The zero-order chi connectivity index (χ0) is 13.5. The van der Waals surface area contributed by atoms with Crippen LogP contribution in [0.4, 0.5) is 0 Å². The number of nitrogens with one attached hydrogen (secondary N) is 1. The van der Waals surface area contributed by atoms with Crippen LogP contribution >= 0.6 is 0 Å². The Morgan fingerprint density at radius 3 is 2.72 bits per heavy atom. The normalized spacial score (nSPS) is 23.1. The van der Waals surface area contributed by atoms with Gasteiger partial charge in [0.1, 0.15) is 0 Å². The van der Waals surface area contributed by atoms with Crippen LogP contribution in [-0.2, 0) is 9.53 Å². The van der Waals surface area contributed by atoms with Gasteiger partial charge in [0.05, 0.1) is 25.4 Å². The first-order chi connectivity index (χ1) is 8.62. The maximum atomic E-state index is 12.1. The molecular weight excluding hydrogens is 232 g/mol. The van der Waals surface area contributed by atoms with Crippen LogP contribution in [0.2, 0.25) is 0 Å². The molecule has 1 amide bonds. The van der Waals surface area contributed by atoms with Crippen LogP contribution in [0.25, 0.3) is 0 Å². The van der Waals surface area contributed by atoms with Gasteiger partial charge in [0, 0.05) is 19.1 Å². The third-order valence-corrected chi connectivity index (χ3v) is 3.63. The highest BCUT2D eigenvalue weighted by Crippen LogP contribution is 2.09. The van der Waals surface area contributed by atoms with Crippen LogP contribution in [0, 0.1) is 0 Å². The monoisotopic (exact) mass is 258 g/mol. The van der Waals surface area contributed by atoms with Crippen LogP contribution in [0.3, 0.4) is 0 Å². The molecule has 18 heavy (non-hydrogen) atoms. The molecule has 5 nitrogen and oxygen atoms in total. The number of hydrogen-bond acceptors (Lipinski definition) is 4. The van der Waals surface area contributed by atoms with Crippen LogP contribution in [0.15, 0.2) is 0 Å². The van der Waals surface area contributed by atoms with Crippen LogP contribution in [-0.4, -0.2) is 60.4 Å².